The first-order valence-corrected chi connectivity index (χ1v) is 5.34. The molecule has 0 spiro atoms. The zero-order valence-corrected chi connectivity index (χ0v) is 9.17. The van der Waals surface area contributed by atoms with Crippen LogP contribution >= 0.6 is 0 Å². The zero-order chi connectivity index (χ0) is 11.5. The van der Waals surface area contributed by atoms with Crippen LogP contribution < -0.4 is 0 Å². The second-order valence-corrected chi connectivity index (χ2v) is 4.11. The summed E-state index contributed by atoms with van der Waals surface area (Å²) in [5.41, 5.74) is 0.592. The molecule has 0 N–H and O–H groups in total. The number of likely N-dealkylation sites (tertiary alicyclic amines) is 1. The third-order valence-electron chi connectivity index (χ3n) is 3.14. The minimum absolute atomic E-state index is 0.0227. The maximum absolute atomic E-state index is 12.1. The maximum Gasteiger partial charge on any atom is 0.169 e. The number of aldehydes is 1. The molecule has 0 saturated carbocycles. The van der Waals surface area contributed by atoms with Crippen LogP contribution in [-0.4, -0.2) is 41.6 Å². The lowest BCUT2D eigenvalue weighted by molar-refractivity contribution is -0.111. The molecular formula is C12H14N2O2. The van der Waals surface area contributed by atoms with Gasteiger partial charge < -0.3 is 4.79 Å². The highest BCUT2D eigenvalue weighted by Crippen LogP contribution is 2.24. The topological polar surface area (TPSA) is 50.3 Å². The summed E-state index contributed by atoms with van der Waals surface area (Å²) < 4.78 is 0. The fraction of sp³-hybridized carbons (Fsp3) is 0.417. The van der Waals surface area contributed by atoms with Crippen molar-refractivity contribution in [2.75, 3.05) is 13.6 Å². The number of nitrogens with zero attached hydrogens (tertiary/aromatic N) is 2. The van der Waals surface area contributed by atoms with Crippen molar-refractivity contribution in [3.63, 3.8) is 0 Å². The summed E-state index contributed by atoms with van der Waals surface area (Å²) in [7, 11) is 1.87. The molecule has 1 aliphatic rings. The highest BCUT2D eigenvalue weighted by molar-refractivity contribution is 5.99. The van der Waals surface area contributed by atoms with E-state index in [2.05, 4.69) is 4.98 Å². The number of likely N-dealkylation sites (N-methyl/N-ethyl adjacent to an activating group) is 1. The molecule has 1 aromatic rings. The molecule has 0 aromatic carbocycles. The van der Waals surface area contributed by atoms with Gasteiger partial charge in [-0.15, -0.1) is 0 Å². The Morgan fingerprint density at radius 2 is 2.44 bits per heavy atom. The molecule has 0 radical (unpaired) electrons. The molecular weight excluding hydrogens is 204 g/mol. The normalized spacial score (nSPS) is 25.6. The van der Waals surface area contributed by atoms with Crippen molar-refractivity contribution in [3.05, 3.63) is 30.1 Å². The lowest BCUT2D eigenvalue weighted by Gasteiger charge is -2.17. The third kappa shape index (κ3) is 1.88. The van der Waals surface area contributed by atoms with Crippen LogP contribution in [0.2, 0.25) is 0 Å². The van der Waals surface area contributed by atoms with E-state index in [1.165, 1.54) is 0 Å². The van der Waals surface area contributed by atoms with E-state index in [1.807, 2.05) is 11.9 Å². The van der Waals surface area contributed by atoms with Gasteiger partial charge in [-0.25, -0.2) is 0 Å². The molecule has 0 aliphatic carbocycles. The number of aromatic nitrogens is 1. The summed E-state index contributed by atoms with van der Waals surface area (Å²) in [6.45, 7) is 0.792. The molecule has 4 nitrogen and oxygen atoms in total. The number of hydrogen-bond acceptors (Lipinski definition) is 4. The number of rotatable bonds is 3. The third-order valence-corrected chi connectivity index (χ3v) is 3.14. The molecule has 4 heteroatoms. The summed E-state index contributed by atoms with van der Waals surface area (Å²) >= 11 is 0. The van der Waals surface area contributed by atoms with E-state index in [0.29, 0.717) is 5.56 Å². The van der Waals surface area contributed by atoms with Crippen molar-refractivity contribution in [1.29, 1.82) is 0 Å². The van der Waals surface area contributed by atoms with Crippen molar-refractivity contribution in [2.24, 2.45) is 5.92 Å². The molecule has 16 heavy (non-hydrogen) atoms. The van der Waals surface area contributed by atoms with E-state index < -0.39 is 0 Å². The van der Waals surface area contributed by atoms with Crippen LogP contribution in [0.5, 0.6) is 0 Å². The van der Waals surface area contributed by atoms with Crippen LogP contribution in [0.15, 0.2) is 24.5 Å². The van der Waals surface area contributed by atoms with Crippen molar-refractivity contribution in [3.8, 4) is 0 Å². The zero-order valence-electron chi connectivity index (χ0n) is 9.17. The fourth-order valence-corrected chi connectivity index (χ4v) is 2.18. The minimum Gasteiger partial charge on any atom is -0.302 e. The number of pyridine rings is 1. The molecule has 2 heterocycles. The Morgan fingerprint density at radius 1 is 1.62 bits per heavy atom. The molecule has 1 saturated heterocycles. The highest BCUT2D eigenvalue weighted by Gasteiger charge is 2.36. The molecule has 2 atom stereocenters. The van der Waals surface area contributed by atoms with Crippen LogP contribution in [-0.2, 0) is 4.79 Å². The average molecular weight is 218 g/mol. The van der Waals surface area contributed by atoms with Gasteiger partial charge in [-0.2, -0.15) is 0 Å². The Hall–Kier alpha value is -1.55. The Bertz CT molecular complexity index is 391. The largest absolute Gasteiger partial charge is 0.302 e. The van der Waals surface area contributed by atoms with Crippen molar-refractivity contribution < 1.29 is 9.59 Å². The molecule has 2 rings (SSSR count). The van der Waals surface area contributed by atoms with Gasteiger partial charge in [0.15, 0.2) is 5.78 Å². The van der Waals surface area contributed by atoms with Crippen LogP contribution in [0.1, 0.15) is 16.8 Å². The second-order valence-electron chi connectivity index (χ2n) is 4.11. The van der Waals surface area contributed by atoms with Gasteiger partial charge in [0.25, 0.3) is 0 Å². The maximum atomic E-state index is 12.1. The molecule has 0 bridgehead atoms. The standard InChI is InChI=1S/C12H14N2O2/c1-14-6-4-10(11(14)8-15)12(16)9-3-2-5-13-7-9/h2-3,5,7-8,10-11H,4,6H2,1H3. The van der Waals surface area contributed by atoms with Crippen LogP contribution in [0, 0.1) is 5.92 Å². The van der Waals surface area contributed by atoms with Crippen LogP contribution in [0.4, 0.5) is 0 Å². The van der Waals surface area contributed by atoms with Gasteiger partial charge in [-0.3, -0.25) is 14.7 Å². The number of carbonyl (C=O) groups excluding carboxylic acids is 2. The van der Waals surface area contributed by atoms with Crippen molar-refractivity contribution in [1.82, 2.24) is 9.88 Å². The Labute approximate surface area is 94.3 Å². The summed E-state index contributed by atoms with van der Waals surface area (Å²) in [6.07, 6.45) is 4.80. The molecule has 84 valence electrons. The predicted molar refractivity (Wildman–Crippen MR) is 59.2 cm³/mol. The van der Waals surface area contributed by atoms with Crippen LogP contribution in [0.25, 0.3) is 0 Å². The molecule has 1 aromatic heterocycles. The quantitative estimate of drug-likeness (QED) is 0.556. The number of hydrogen-bond donors (Lipinski definition) is 0. The minimum atomic E-state index is -0.285. The van der Waals surface area contributed by atoms with E-state index in [9.17, 15) is 9.59 Å². The van der Waals surface area contributed by atoms with Gasteiger partial charge in [0, 0.05) is 23.9 Å². The van der Waals surface area contributed by atoms with Gasteiger partial charge in [0.2, 0.25) is 0 Å². The Balaban J connectivity index is 2.20. The molecule has 2 unspecified atom stereocenters. The lowest BCUT2D eigenvalue weighted by atomic mass is 9.92. The van der Waals surface area contributed by atoms with E-state index in [0.717, 1.165) is 19.3 Å². The first kappa shape index (κ1) is 11.0. The monoisotopic (exact) mass is 218 g/mol. The van der Waals surface area contributed by atoms with Gasteiger partial charge >= 0.3 is 0 Å². The highest BCUT2D eigenvalue weighted by atomic mass is 16.1. The number of Topliss-reactive ketones (excluding diaryl/α,β-unsaturated/α-hetero) is 1. The average Bonchev–Trinajstić information content (AvgIpc) is 2.70. The summed E-state index contributed by atoms with van der Waals surface area (Å²) in [6, 6.07) is 3.20. The van der Waals surface area contributed by atoms with E-state index in [1.54, 1.807) is 24.5 Å². The van der Waals surface area contributed by atoms with Gasteiger partial charge in [0.05, 0.1) is 6.04 Å². The molecule has 1 fully saturated rings. The summed E-state index contributed by atoms with van der Waals surface area (Å²) in [4.78, 5) is 28.9. The molecule has 1 aliphatic heterocycles. The second kappa shape index (κ2) is 4.53. The summed E-state index contributed by atoms with van der Waals surface area (Å²) in [5.74, 6) is -0.193. The number of carbonyl (C=O) groups is 2. The van der Waals surface area contributed by atoms with E-state index >= 15 is 0 Å². The van der Waals surface area contributed by atoms with Crippen LogP contribution in [0.3, 0.4) is 0 Å². The summed E-state index contributed by atoms with van der Waals surface area (Å²) in [5, 5.41) is 0. The fourth-order valence-electron chi connectivity index (χ4n) is 2.18. The van der Waals surface area contributed by atoms with Gasteiger partial charge in [-0.05, 0) is 32.1 Å². The Morgan fingerprint density at radius 3 is 3.06 bits per heavy atom. The van der Waals surface area contributed by atoms with E-state index in [-0.39, 0.29) is 17.7 Å². The molecule has 0 amide bonds. The van der Waals surface area contributed by atoms with Crippen molar-refractivity contribution in [2.45, 2.75) is 12.5 Å². The number of ketones is 1. The smallest absolute Gasteiger partial charge is 0.169 e. The predicted octanol–water partition coefficient (Wildman–Crippen LogP) is 0.783. The van der Waals surface area contributed by atoms with Gasteiger partial charge in [0.1, 0.15) is 6.29 Å². The lowest BCUT2D eigenvalue weighted by Crippen LogP contribution is -2.34. The van der Waals surface area contributed by atoms with Gasteiger partial charge in [-0.1, -0.05) is 0 Å². The van der Waals surface area contributed by atoms with Crippen molar-refractivity contribution >= 4 is 12.1 Å². The first-order chi connectivity index (χ1) is 7.74. The van der Waals surface area contributed by atoms with E-state index in [4.69, 9.17) is 0 Å². The SMILES string of the molecule is CN1CCC(C(=O)c2cccnc2)C1C=O. The Kier molecular flexibility index (Phi) is 3.10. The first-order valence-electron chi connectivity index (χ1n) is 5.34.